The van der Waals surface area contributed by atoms with Gasteiger partial charge in [-0.3, -0.25) is 0 Å². The standard InChI is InChI=1S/C10H16ClN5O2/c1-6-3-16(4-7(5-17)18-6)10-14-8(11)13-9(12-2)15-10/h6-7,17H,3-5H2,1-2H3,(H,12,13,14,15). The summed E-state index contributed by atoms with van der Waals surface area (Å²) in [4.78, 5) is 14.2. The molecule has 18 heavy (non-hydrogen) atoms. The van der Waals surface area contributed by atoms with Crippen molar-refractivity contribution in [3.63, 3.8) is 0 Å². The summed E-state index contributed by atoms with van der Waals surface area (Å²) >= 11 is 5.85. The minimum absolute atomic E-state index is 0.00414. The first-order valence-electron chi connectivity index (χ1n) is 5.73. The summed E-state index contributed by atoms with van der Waals surface area (Å²) in [6.45, 7) is 3.10. The molecule has 2 heterocycles. The molecular formula is C10H16ClN5O2. The number of hydrogen-bond acceptors (Lipinski definition) is 7. The zero-order chi connectivity index (χ0) is 13.1. The second kappa shape index (κ2) is 5.64. The second-order valence-electron chi connectivity index (χ2n) is 4.13. The number of halogens is 1. The van der Waals surface area contributed by atoms with Gasteiger partial charge >= 0.3 is 0 Å². The van der Waals surface area contributed by atoms with Gasteiger partial charge in [0.1, 0.15) is 0 Å². The minimum Gasteiger partial charge on any atom is -0.394 e. The normalized spacial score (nSPS) is 24.1. The van der Waals surface area contributed by atoms with E-state index in [2.05, 4.69) is 20.3 Å². The third-order valence-electron chi connectivity index (χ3n) is 2.63. The Hall–Kier alpha value is -1.18. The van der Waals surface area contributed by atoms with Crippen LogP contribution in [0.1, 0.15) is 6.92 Å². The summed E-state index contributed by atoms with van der Waals surface area (Å²) in [5.41, 5.74) is 0. The van der Waals surface area contributed by atoms with Gasteiger partial charge in [0.05, 0.1) is 18.8 Å². The van der Waals surface area contributed by atoms with Crippen molar-refractivity contribution in [3.05, 3.63) is 5.28 Å². The fourth-order valence-corrected chi connectivity index (χ4v) is 2.06. The second-order valence-corrected chi connectivity index (χ2v) is 4.47. The number of aliphatic hydroxyl groups excluding tert-OH is 1. The Morgan fingerprint density at radius 2 is 2.22 bits per heavy atom. The zero-order valence-electron chi connectivity index (χ0n) is 10.3. The fourth-order valence-electron chi connectivity index (χ4n) is 1.90. The maximum Gasteiger partial charge on any atom is 0.231 e. The molecule has 8 heteroatoms. The van der Waals surface area contributed by atoms with E-state index >= 15 is 0 Å². The molecule has 1 aliphatic heterocycles. The smallest absolute Gasteiger partial charge is 0.231 e. The van der Waals surface area contributed by atoms with E-state index in [1.807, 2.05) is 11.8 Å². The molecule has 2 N–H and O–H groups in total. The van der Waals surface area contributed by atoms with Gasteiger partial charge in [-0.05, 0) is 18.5 Å². The molecule has 0 aliphatic carbocycles. The van der Waals surface area contributed by atoms with Gasteiger partial charge in [0.25, 0.3) is 0 Å². The number of ether oxygens (including phenoxy) is 1. The molecule has 0 amide bonds. The van der Waals surface area contributed by atoms with Crippen LogP contribution in [-0.2, 0) is 4.74 Å². The van der Waals surface area contributed by atoms with E-state index in [0.717, 1.165) is 0 Å². The van der Waals surface area contributed by atoms with Crippen molar-refractivity contribution >= 4 is 23.5 Å². The summed E-state index contributed by atoms with van der Waals surface area (Å²) in [7, 11) is 1.72. The SMILES string of the molecule is CNc1nc(Cl)nc(N2CC(C)OC(CO)C2)n1. The van der Waals surface area contributed by atoms with Crippen molar-refractivity contribution in [1.29, 1.82) is 0 Å². The highest BCUT2D eigenvalue weighted by molar-refractivity contribution is 6.28. The Labute approximate surface area is 110 Å². The van der Waals surface area contributed by atoms with Crippen LogP contribution in [0.3, 0.4) is 0 Å². The van der Waals surface area contributed by atoms with Crippen molar-refractivity contribution in [2.45, 2.75) is 19.1 Å². The third-order valence-corrected chi connectivity index (χ3v) is 2.80. The van der Waals surface area contributed by atoms with E-state index in [1.54, 1.807) is 7.05 Å². The maximum absolute atomic E-state index is 9.19. The molecule has 1 saturated heterocycles. The highest BCUT2D eigenvalue weighted by Crippen LogP contribution is 2.18. The number of aliphatic hydroxyl groups is 1. The average molecular weight is 274 g/mol. The molecule has 1 aliphatic rings. The minimum atomic E-state index is -0.234. The quantitative estimate of drug-likeness (QED) is 0.811. The Kier molecular flexibility index (Phi) is 4.15. The number of nitrogens with one attached hydrogen (secondary N) is 1. The molecule has 0 aromatic carbocycles. The van der Waals surface area contributed by atoms with Crippen LogP contribution in [0.15, 0.2) is 0 Å². The first kappa shape index (κ1) is 13.3. The van der Waals surface area contributed by atoms with Gasteiger partial charge in [-0.25, -0.2) is 0 Å². The van der Waals surface area contributed by atoms with Crippen molar-refractivity contribution in [3.8, 4) is 0 Å². The Morgan fingerprint density at radius 3 is 2.89 bits per heavy atom. The van der Waals surface area contributed by atoms with E-state index in [0.29, 0.717) is 25.0 Å². The van der Waals surface area contributed by atoms with Crippen LogP contribution in [-0.4, -0.2) is 59.0 Å². The molecule has 0 bridgehead atoms. The molecule has 7 nitrogen and oxygen atoms in total. The molecule has 1 fully saturated rings. The topological polar surface area (TPSA) is 83.4 Å². The first-order chi connectivity index (χ1) is 8.62. The van der Waals surface area contributed by atoms with Crippen LogP contribution in [0.5, 0.6) is 0 Å². The number of nitrogens with zero attached hydrogens (tertiary/aromatic N) is 4. The number of morpholine rings is 1. The molecule has 2 rings (SSSR count). The van der Waals surface area contributed by atoms with Crippen molar-refractivity contribution in [2.75, 3.05) is 37.0 Å². The van der Waals surface area contributed by atoms with Crippen LogP contribution in [0.2, 0.25) is 5.28 Å². The van der Waals surface area contributed by atoms with E-state index in [4.69, 9.17) is 16.3 Å². The molecule has 0 saturated carbocycles. The highest BCUT2D eigenvalue weighted by atomic mass is 35.5. The average Bonchev–Trinajstić information content (AvgIpc) is 2.37. The Morgan fingerprint density at radius 1 is 1.44 bits per heavy atom. The Bertz CT molecular complexity index is 419. The largest absolute Gasteiger partial charge is 0.394 e. The van der Waals surface area contributed by atoms with Gasteiger partial charge in [-0.1, -0.05) is 0 Å². The van der Waals surface area contributed by atoms with Gasteiger partial charge < -0.3 is 20.1 Å². The lowest BCUT2D eigenvalue weighted by Gasteiger charge is -2.36. The summed E-state index contributed by atoms with van der Waals surface area (Å²) in [5, 5.41) is 12.2. The van der Waals surface area contributed by atoms with Gasteiger partial charge in [0.2, 0.25) is 17.2 Å². The van der Waals surface area contributed by atoms with E-state index in [1.165, 1.54) is 0 Å². The molecule has 0 radical (unpaired) electrons. The van der Waals surface area contributed by atoms with Crippen molar-refractivity contribution in [2.24, 2.45) is 0 Å². The fraction of sp³-hybridized carbons (Fsp3) is 0.700. The maximum atomic E-state index is 9.19. The molecule has 2 atom stereocenters. The summed E-state index contributed by atoms with van der Waals surface area (Å²) < 4.78 is 5.56. The number of rotatable bonds is 3. The number of aromatic nitrogens is 3. The lowest BCUT2D eigenvalue weighted by molar-refractivity contribution is -0.0425. The molecule has 0 spiro atoms. The lowest BCUT2D eigenvalue weighted by Crippen LogP contribution is -2.48. The number of hydrogen-bond donors (Lipinski definition) is 2. The zero-order valence-corrected chi connectivity index (χ0v) is 11.1. The number of anilines is 2. The van der Waals surface area contributed by atoms with E-state index < -0.39 is 0 Å². The molecule has 2 unspecified atom stereocenters. The van der Waals surface area contributed by atoms with E-state index in [-0.39, 0.29) is 24.1 Å². The van der Waals surface area contributed by atoms with Crippen molar-refractivity contribution < 1.29 is 9.84 Å². The van der Waals surface area contributed by atoms with Gasteiger partial charge in [0.15, 0.2) is 0 Å². The van der Waals surface area contributed by atoms with Crippen LogP contribution in [0.25, 0.3) is 0 Å². The summed E-state index contributed by atoms with van der Waals surface area (Å²) in [5.74, 6) is 0.914. The highest BCUT2D eigenvalue weighted by Gasteiger charge is 2.26. The monoisotopic (exact) mass is 273 g/mol. The van der Waals surface area contributed by atoms with Crippen LogP contribution in [0, 0.1) is 0 Å². The van der Waals surface area contributed by atoms with Gasteiger partial charge in [0, 0.05) is 20.1 Å². The lowest BCUT2D eigenvalue weighted by atomic mass is 10.2. The van der Waals surface area contributed by atoms with Crippen LogP contribution >= 0.6 is 11.6 Å². The molecule has 1 aromatic heterocycles. The van der Waals surface area contributed by atoms with E-state index in [9.17, 15) is 5.11 Å². The van der Waals surface area contributed by atoms with Gasteiger partial charge in [-0.2, -0.15) is 15.0 Å². The van der Waals surface area contributed by atoms with Crippen LogP contribution in [0.4, 0.5) is 11.9 Å². The predicted octanol–water partition coefficient (Wildman–Crippen LogP) is 0.153. The third kappa shape index (κ3) is 2.98. The summed E-state index contributed by atoms with van der Waals surface area (Å²) in [6, 6.07) is 0. The molecule has 100 valence electrons. The molecular weight excluding hydrogens is 258 g/mol. The van der Waals surface area contributed by atoms with Crippen molar-refractivity contribution in [1.82, 2.24) is 15.0 Å². The Balaban J connectivity index is 2.21. The molecule has 1 aromatic rings. The predicted molar refractivity (Wildman–Crippen MR) is 68.0 cm³/mol. The first-order valence-corrected chi connectivity index (χ1v) is 6.10. The van der Waals surface area contributed by atoms with Gasteiger partial charge in [-0.15, -0.1) is 0 Å². The summed E-state index contributed by atoms with van der Waals surface area (Å²) in [6.07, 6.45) is -0.230. The van der Waals surface area contributed by atoms with Crippen LogP contribution < -0.4 is 10.2 Å².